The molecule has 2 N–H and O–H groups in total. The lowest BCUT2D eigenvalue weighted by atomic mass is 9.76. The van der Waals surface area contributed by atoms with E-state index in [4.69, 9.17) is 0 Å². The molecule has 20 heavy (non-hydrogen) atoms. The van der Waals surface area contributed by atoms with Gasteiger partial charge in [0, 0.05) is 9.99 Å². The van der Waals surface area contributed by atoms with E-state index in [1.54, 1.807) is 20.8 Å². The average molecular weight is 393 g/mol. The quantitative estimate of drug-likeness (QED) is 0.753. The van der Waals surface area contributed by atoms with Crippen molar-refractivity contribution in [3.8, 4) is 0 Å². The fourth-order valence-electron chi connectivity index (χ4n) is 1.65. The van der Waals surface area contributed by atoms with E-state index in [1.165, 1.54) is 18.2 Å². The predicted octanol–water partition coefficient (Wildman–Crippen LogP) is 3.51. The van der Waals surface area contributed by atoms with Crippen molar-refractivity contribution < 1.29 is 19.1 Å². The molecule has 1 aromatic carbocycles. The Morgan fingerprint density at radius 3 is 2.50 bits per heavy atom. The molecule has 0 aromatic heterocycles. The van der Waals surface area contributed by atoms with Gasteiger partial charge in [0.1, 0.15) is 5.82 Å². The van der Waals surface area contributed by atoms with Crippen LogP contribution >= 0.6 is 22.6 Å². The Morgan fingerprint density at radius 2 is 2.05 bits per heavy atom. The van der Waals surface area contributed by atoms with E-state index in [2.05, 4.69) is 5.32 Å². The molecule has 1 unspecified atom stereocenters. The minimum absolute atomic E-state index is 0.131. The molecule has 0 heterocycles. The topological polar surface area (TPSA) is 66.4 Å². The maximum Gasteiger partial charge on any atom is 0.310 e. The Bertz CT molecular complexity index is 533. The molecule has 4 nitrogen and oxygen atoms in total. The molecule has 0 radical (unpaired) electrons. The fraction of sp³-hybridized carbons (Fsp3) is 0.429. The number of anilines is 1. The highest BCUT2D eigenvalue weighted by molar-refractivity contribution is 14.1. The molecular weight excluding hydrogens is 376 g/mol. The molecule has 1 amide bonds. The highest BCUT2D eigenvalue weighted by Gasteiger charge is 2.38. The van der Waals surface area contributed by atoms with Gasteiger partial charge < -0.3 is 10.4 Å². The standard InChI is InChI=1S/C14H17FINO3/c1-8(2)14(3,13(19)20)7-12(18)17-11-5-4-9(15)6-10(11)16/h4-6,8H,7H2,1-3H3,(H,17,18)(H,19,20). The molecule has 0 saturated carbocycles. The fourth-order valence-corrected chi connectivity index (χ4v) is 2.26. The maximum absolute atomic E-state index is 13.0. The highest BCUT2D eigenvalue weighted by Crippen LogP contribution is 2.32. The Kier molecular flexibility index (Phi) is 5.50. The third-order valence-corrected chi connectivity index (χ3v) is 4.39. The summed E-state index contributed by atoms with van der Waals surface area (Å²) >= 11 is 1.91. The molecule has 0 aliphatic rings. The first kappa shape index (κ1) is 16.9. The summed E-state index contributed by atoms with van der Waals surface area (Å²) in [5.41, 5.74) is -0.649. The molecule has 0 bridgehead atoms. The van der Waals surface area contributed by atoms with Crippen molar-refractivity contribution >= 4 is 40.2 Å². The molecule has 1 atom stereocenters. The van der Waals surface area contributed by atoms with Gasteiger partial charge in [-0.15, -0.1) is 0 Å². The number of amides is 1. The lowest BCUT2D eigenvalue weighted by Gasteiger charge is -2.28. The number of carbonyl (C=O) groups is 2. The van der Waals surface area contributed by atoms with Crippen LogP contribution in [0, 0.1) is 20.7 Å². The SMILES string of the molecule is CC(C)C(C)(CC(=O)Nc1ccc(F)cc1I)C(=O)O. The molecule has 0 spiro atoms. The number of carboxylic acid groups (broad SMARTS) is 1. The van der Waals surface area contributed by atoms with Crippen molar-refractivity contribution in [1.82, 2.24) is 0 Å². The van der Waals surface area contributed by atoms with Crippen LogP contribution in [-0.2, 0) is 9.59 Å². The minimum Gasteiger partial charge on any atom is -0.481 e. The highest BCUT2D eigenvalue weighted by atomic mass is 127. The summed E-state index contributed by atoms with van der Waals surface area (Å²) in [5, 5.41) is 11.9. The molecule has 1 aromatic rings. The van der Waals surface area contributed by atoms with Crippen molar-refractivity contribution in [2.75, 3.05) is 5.32 Å². The number of aliphatic carboxylic acids is 1. The van der Waals surface area contributed by atoms with Crippen molar-refractivity contribution in [3.63, 3.8) is 0 Å². The number of carbonyl (C=O) groups excluding carboxylic acids is 1. The van der Waals surface area contributed by atoms with Gasteiger partial charge in [0.25, 0.3) is 0 Å². The van der Waals surface area contributed by atoms with Gasteiger partial charge in [-0.1, -0.05) is 13.8 Å². The molecular formula is C14H17FINO3. The molecule has 0 saturated heterocycles. The van der Waals surface area contributed by atoms with Crippen LogP contribution in [0.25, 0.3) is 0 Å². The predicted molar refractivity (Wildman–Crippen MR) is 82.9 cm³/mol. The first-order valence-corrected chi connectivity index (χ1v) is 7.23. The second-order valence-corrected chi connectivity index (χ2v) is 6.39. The van der Waals surface area contributed by atoms with E-state index in [-0.39, 0.29) is 18.2 Å². The number of halogens is 2. The molecule has 110 valence electrons. The van der Waals surface area contributed by atoms with Gasteiger partial charge >= 0.3 is 5.97 Å². The van der Waals surface area contributed by atoms with E-state index in [0.29, 0.717) is 9.26 Å². The number of hydrogen-bond acceptors (Lipinski definition) is 2. The molecule has 0 aliphatic carbocycles. The number of carboxylic acids is 1. The largest absolute Gasteiger partial charge is 0.481 e. The van der Waals surface area contributed by atoms with Crippen LogP contribution in [0.15, 0.2) is 18.2 Å². The van der Waals surface area contributed by atoms with Crippen LogP contribution < -0.4 is 5.32 Å². The monoisotopic (exact) mass is 393 g/mol. The van der Waals surface area contributed by atoms with E-state index >= 15 is 0 Å². The van der Waals surface area contributed by atoms with Crippen LogP contribution in [0.4, 0.5) is 10.1 Å². The van der Waals surface area contributed by atoms with Gasteiger partial charge in [0.15, 0.2) is 0 Å². The van der Waals surface area contributed by atoms with Crippen LogP contribution in [0.2, 0.25) is 0 Å². The Hall–Kier alpha value is -1.18. The van der Waals surface area contributed by atoms with E-state index in [9.17, 15) is 19.1 Å². The number of benzene rings is 1. The molecule has 1 rings (SSSR count). The smallest absolute Gasteiger partial charge is 0.310 e. The lowest BCUT2D eigenvalue weighted by Crippen LogP contribution is -2.37. The zero-order valence-corrected chi connectivity index (χ0v) is 13.7. The lowest BCUT2D eigenvalue weighted by molar-refractivity contribution is -0.153. The van der Waals surface area contributed by atoms with Gasteiger partial charge in [-0.25, -0.2) is 4.39 Å². The summed E-state index contributed by atoms with van der Waals surface area (Å²) in [6.45, 7) is 5.08. The third-order valence-electron chi connectivity index (χ3n) is 3.50. The summed E-state index contributed by atoms with van der Waals surface area (Å²) in [7, 11) is 0. The summed E-state index contributed by atoms with van der Waals surface area (Å²) < 4.78 is 13.5. The van der Waals surface area contributed by atoms with Crippen molar-refractivity contribution in [3.05, 3.63) is 27.6 Å². The third kappa shape index (κ3) is 3.91. The summed E-state index contributed by atoms with van der Waals surface area (Å²) in [6, 6.07) is 4.01. The van der Waals surface area contributed by atoms with Gasteiger partial charge in [-0.05, 0) is 53.6 Å². The summed E-state index contributed by atoms with van der Waals surface area (Å²) in [4.78, 5) is 23.3. The Morgan fingerprint density at radius 1 is 1.45 bits per heavy atom. The first-order valence-electron chi connectivity index (χ1n) is 6.15. The number of rotatable bonds is 5. The Labute approximate surface area is 130 Å². The van der Waals surface area contributed by atoms with Crippen molar-refractivity contribution in [2.24, 2.45) is 11.3 Å². The van der Waals surface area contributed by atoms with Crippen LogP contribution in [0.3, 0.4) is 0 Å². The normalized spacial score (nSPS) is 13.9. The van der Waals surface area contributed by atoms with Gasteiger partial charge in [0.2, 0.25) is 5.91 Å². The second kappa shape index (κ2) is 6.51. The minimum atomic E-state index is -1.13. The van der Waals surface area contributed by atoms with Crippen LogP contribution in [-0.4, -0.2) is 17.0 Å². The second-order valence-electron chi connectivity index (χ2n) is 5.23. The van der Waals surface area contributed by atoms with E-state index < -0.39 is 17.3 Å². The number of hydrogen-bond donors (Lipinski definition) is 2. The van der Waals surface area contributed by atoms with Crippen LogP contribution in [0.1, 0.15) is 27.2 Å². The average Bonchev–Trinajstić information content (AvgIpc) is 2.32. The van der Waals surface area contributed by atoms with E-state index in [1.807, 2.05) is 22.6 Å². The van der Waals surface area contributed by atoms with Crippen molar-refractivity contribution in [1.29, 1.82) is 0 Å². The summed E-state index contributed by atoms with van der Waals surface area (Å²) in [5.74, 6) is -1.97. The maximum atomic E-state index is 13.0. The molecule has 0 fully saturated rings. The summed E-state index contributed by atoms with van der Waals surface area (Å²) in [6.07, 6.45) is -0.131. The number of nitrogens with one attached hydrogen (secondary N) is 1. The van der Waals surface area contributed by atoms with Gasteiger partial charge in [-0.3, -0.25) is 9.59 Å². The van der Waals surface area contributed by atoms with E-state index in [0.717, 1.165) is 0 Å². The Balaban J connectivity index is 2.84. The van der Waals surface area contributed by atoms with Crippen LogP contribution in [0.5, 0.6) is 0 Å². The zero-order chi connectivity index (χ0) is 15.5. The van der Waals surface area contributed by atoms with Crippen molar-refractivity contribution in [2.45, 2.75) is 27.2 Å². The molecule has 6 heteroatoms. The molecule has 0 aliphatic heterocycles. The first-order chi connectivity index (χ1) is 9.16. The van der Waals surface area contributed by atoms with Gasteiger partial charge in [-0.2, -0.15) is 0 Å². The zero-order valence-electron chi connectivity index (χ0n) is 11.5. The van der Waals surface area contributed by atoms with Gasteiger partial charge in [0.05, 0.1) is 11.1 Å².